The lowest BCUT2D eigenvalue weighted by atomic mass is 9.95. The van der Waals surface area contributed by atoms with Gasteiger partial charge in [0.25, 0.3) is 0 Å². The molecule has 2 nitrogen and oxygen atoms in total. The second-order valence-electron chi connectivity index (χ2n) is 4.97. The highest BCUT2D eigenvalue weighted by molar-refractivity contribution is 6.13. The first-order valence-corrected chi connectivity index (χ1v) is 6.31. The summed E-state index contributed by atoms with van der Waals surface area (Å²) in [5.41, 5.74) is 2.37. The van der Waals surface area contributed by atoms with Crippen LogP contribution in [0.3, 0.4) is 0 Å². The van der Waals surface area contributed by atoms with Gasteiger partial charge in [-0.1, -0.05) is 30.4 Å². The molecule has 2 heteroatoms. The van der Waals surface area contributed by atoms with Gasteiger partial charge < -0.3 is 10.2 Å². The Labute approximate surface area is 110 Å². The maximum absolute atomic E-state index is 10.3. The van der Waals surface area contributed by atoms with Crippen molar-refractivity contribution in [1.82, 2.24) is 0 Å². The highest BCUT2D eigenvalue weighted by Gasteiger charge is 2.14. The van der Waals surface area contributed by atoms with Crippen LogP contribution in [-0.4, -0.2) is 10.2 Å². The first-order valence-electron chi connectivity index (χ1n) is 6.31. The molecule has 0 spiro atoms. The molecule has 1 aliphatic rings. The van der Waals surface area contributed by atoms with Crippen molar-refractivity contribution in [1.29, 1.82) is 0 Å². The molecular formula is C17H12O2. The number of aromatic hydroxyl groups is 2. The van der Waals surface area contributed by atoms with Crippen LogP contribution in [0.15, 0.2) is 42.5 Å². The molecule has 0 aliphatic heterocycles. The van der Waals surface area contributed by atoms with Crippen LogP contribution in [0.5, 0.6) is 11.5 Å². The summed E-state index contributed by atoms with van der Waals surface area (Å²) in [7, 11) is 0. The molecule has 4 rings (SSSR count). The van der Waals surface area contributed by atoms with E-state index in [1.165, 1.54) is 5.56 Å². The van der Waals surface area contributed by atoms with Gasteiger partial charge in [0.15, 0.2) is 0 Å². The van der Waals surface area contributed by atoms with E-state index in [1.807, 2.05) is 6.07 Å². The summed E-state index contributed by atoms with van der Waals surface area (Å²) in [6.07, 6.45) is 5.12. The number of phenolic OH excluding ortho intramolecular Hbond substituents is 2. The van der Waals surface area contributed by atoms with Crippen LogP contribution in [0.4, 0.5) is 0 Å². The fourth-order valence-electron chi connectivity index (χ4n) is 2.97. The second kappa shape index (κ2) is 3.51. The summed E-state index contributed by atoms with van der Waals surface area (Å²) in [5, 5.41) is 23.7. The maximum Gasteiger partial charge on any atom is 0.124 e. The fraction of sp³-hybridized carbons (Fsp3) is 0.0588. The Morgan fingerprint density at radius 3 is 2.63 bits per heavy atom. The topological polar surface area (TPSA) is 40.5 Å². The number of hydrogen-bond acceptors (Lipinski definition) is 2. The zero-order valence-corrected chi connectivity index (χ0v) is 10.2. The van der Waals surface area contributed by atoms with E-state index in [9.17, 15) is 10.2 Å². The zero-order chi connectivity index (χ0) is 13.0. The van der Waals surface area contributed by atoms with Crippen molar-refractivity contribution in [2.45, 2.75) is 6.42 Å². The molecule has 0 saturated carbocycles. The van der Waals surface area contributed by atoms with E-state index in [4.69, 9.17) is 0 Å². The Morgan fingerprint density at radius 2 is 1.74 bits per heavy atom. The zero-order valence-electron chi connectivity index (χ0n) is 10.2. The minimum atomic E-state index is 0.215. The van der Waals surface area contributed by atoms with Gasteiger partial charge in [-0.15, -0.1) is 0 Å². The average molecular weight is 248 g/mol. The third kappa shape index (κ3) is 1.37. The van der Waals surface area contributed by atoms with E-state index in [2.05, 4.69) is 24.3 Å². The Morgan fingerprint density at radius 1 is 0.895 bits per heavy atom. The van der Waals surface area contributed by atoms with Crippen molar-refractivity contribution < 1.29 is 10.2 Å². The van der Waals surface area contributed by atoms with Crippen LogP contribution < -0.4 is 0 Å². The molecular weight excluding hydrogens is 236 g/mol. The number of rotatable bonds is 0. The monoisotopic (exact) mass is 248 g/mol. The summed E-state index contributed by atoms with van der Waals surface area (Å²) >= 11 is 0. The summed E-state index contributed by atoms with van der Waals surface area (Å²) in [6, 6.07) is 11.2. The predicted molar refractivity (Wildman–Crippen MR) is 77.5 cm³/mol. The van der Waals surface area contributed by atoms with Crippen LogP contribution in [0.25, 0.3) is 27.6 Å². The van der Waals surface area contributed by atoms with Gasteiger partial charge in [-0.3, -0.25) is 0 Å². The van der Waals surface area contributed by atoms with E-state index in [0.717, 1.165) is 33.5 Å². The van der Waals surface area contributed by atoms with Crippen LogP contribution in [0, 0.1) is 0 Å². The lowest BCUT2D eigenvalue weighted by molar-refractivity contribution is 0.476. The van der Waals surface area contributed by atoms with Crippen molar-refractivity contribution in [2.75, 3.05) is 0 Å². The number of phenols is 2. The van der Waals surface area contributed by atoms with Crippen LogP contribution >= 0.6 is 0 Å². The van der Waals surface area contributed by atoms with Crippen LogP contribution in [-0.2, 0) is 6.42 Å². The summed E-state index contributed by atoms with van der Waals surface area (Å²) in [4.78, 5) is 0. The molecule has 0 heterocycles. The molecule has 0 radical (unpaired) electrons. The molecule has 1 aliphatic carbocycles. The number of allylic oxidation sites excluding steroid dienone is 1. The predicted octanol–water partition coefficient (Wildman–Crippen LogP) is 3.97. The van der Waals surface area contributed by atoms with Crippen molar-refractivity contribution in [3.05, 3.63) is 53.6 Å². The normalized spacial score (nSPS) is 13.3. The Balaban J connectivity index is 2.26. The minimum Gasteiger partial charge on any atom is -0.508 e. The van der Waals surface area contributed by atoms with Crippen molar-refractivity contribution in [3.63, 3.8) is 0 Å². The number of hydrogen-bond donors (Lipinski definition) is 2. The third-order valence-corrected chi connectivity index (χ3v) is 3.83. The van der Waals surface area contributed by atoms with E-state index in [1.54, 1.807) is 18.2 Å². The van der Waals surface area contributed by atoms with Crippen molar-refractivity contribution in [2.24, 2.45) is 0 Å². The molecule has 2 N–H and O–H groups in total. The standard InChI is InChI=1S/C17H12O2/c18-12-5-7-13-11(8-12)9-16(19)17-14-3-1-2-10(14)4-6-15(13)17/h1,3-9,18-19H,2H2. The lowest BCUT2D eigenvalue weighted by Crippen LogP contribution is -1.86. The molecule has 3 aromatic rings. The van der Waals surface area contributed by atoms with Gasteiger partial charge in [-0.25, -0.2) is 0 Å². The first kappa shape index (κ1) is 10.4. The molecule has 0 amide bonds. The Hall–Kier alpha value is -2.48. The summed E-state index contributed by atoms with van der Waals surface area (Å²) in [5.74, 6) is 0.490. The maximum atomic E-state index is 10.3. The SMILES string of the molecule is Oc1ccc2c(c1)cc(O)c1c3c(ccc12)CC=C3. The molecule has 19 heavy (non-hydrogen) atoms. The van der Waals surface area contributed by atoms with Crippen LogP contribution in [0.2, 0.25) is 0 Å². The van der Waals surface area contributed by atoms with Crippen molar-refractivity contribution in [3.8, 4) is 11.5 Å². The largest absolute Gasteiger partial charge is 0.508 e. The molecule has 0 atom stereocenters. The quantitative estimate of drug-likeness (QED) is 0.591. The van der Waals surface area contributed by atoms with Gasteiger partial charge in [-0.05, 0) is 51.9 Å². The van der Waals surface area contributed by atoms with Gasteiger partial charge in [0.05, 0.1) is 0 Å². The molecule has 0 fully saturated rings. The third-order valence-electron chi connectivity index (χ3n) is 3.83. The summed E-state index contributed by atoms with van der Waals surface area (Å²) in [6.45, 7) is 0. The highest BCUT2D eigenvalue weighted by Crippen LogP contribution is 2.39. The average Bonchev–Trinajstić information content (AvgIpc) is 2.86. The molecule has 0 saturated heterocycles. The molecule has 92 valence electrons. The first-order chi connectivity index (χ1) is 9.24. The van der Waals surface area contributed by atoms with E-state index < -0.39 is 0 Å². The molecule has 3 aromatic carbocycles. The summed E-state index contributed by atoms with van der Waals surface area (Å²) < 4.78 is 0. The van der Waals surface area contributed by atoms with Gasteiger partial charge >= 0.3 is 0 Å². The molecule has 0 unspecified atom stereocenters. The lowest BCUT2D eigenvalue weighted by Gasteiger charge is -2.10. The molecule has 0 aromatic heterocycles. The number of fused-ring (bicyclic) bond motifs is 5. The second-order valence-corrected chi connectivity index (χ2v) is 4.97. The Kier molecular flexibility index (Phi) is 1.93. The smallest absolute Gasteiger partial charge is 0.124 e. The van der Waals surface area contributed by atoms with Gasteiger partial charge in [0, 0.05) is 5.39 Å². The number of benzene rings is 3. The van der Waals surface area contributed by atoms with Crippen molar-refractivity contribution >= 4 is 27.6 Å². The molecule has 0 bridgehead atoms. The fourth-order valence-corrected chi connectivity index (χ4v) is 2.97. The highest BCUT2D eigenvalue weighted by atomic mass is 16.3. The van der Waals surface area contributed by atoms with E-state index in [-0.39, 0.29) is 11.5 Å². The van der Waals surface area contributed by atoms with Gasteiger partial charge in [0.2, 0.25) is 0 Å². The van der Waals surface area contributed by atoms with E-state index in [0.29, 0.717) is 0 Å². The van der Waals surface area contributed by atoms with Gasteiger partial charge in [0.1, 0.15) is 11.5 Å². The van der Waals surface area contributed by atoms with Gasteiger partial charge in [-0.2, -0.15) is 0 Å². The minimum absolute atomic E-state index is 0.215. The van der Waals surface area contributed by atoms with Crippen LogP contribution in [0.1, 0.15) is 11.1 Å². The van der Waals surface area contributed by atoms with E-state index >= 15 is 0 Å². The Bertz CT molecular complexity index is 860.